The van der Waals surface area contributed by atoms with E-state index >= 15 is 0 Å². The second-order valence-corrected chi connectivity index (χ2v) is 13.4. The van der Waals surface area contributed by atoms with Gasteiger partial charge in [-0.1, -0.05) is 42.5 Å². The fraction of sp³-hybridized carbons (Fsp3) is 0.194. The Morgan fingerprint density at radius 1 is 1.02 bits per heavy atom. The number of nitriles is 1. The van der Waals surface area contributed by atoms with Crippen LogP contribution in [-0.2, 0) is 27.3 Å². The molecule has 2 heterocycles. The molecule has 1 aliphatic rings. The molecule has 48 heavy (non-hydrogen) atoms. The van der Waals surface area contributed by atoms with E-state index in [1.165, 1.54) is 37.1 Å². The SMILES string of the molecule is COc1ccccc1/C=C(/NC(=O)c1ccccc1)C(=O)Nc1cccc(SC(C)C(=O)Nc2sc3c(c2C#N)CCN(C(C)=O)C3)c1. The van der Waals surface area contributed by atoms with E-state index < -0.39 is 17.1 Å². The number of amides is 4. The Kier molecular flexibility index (Phi) is 10.9. The van der Waals surface area contributed by atoms with E-state index in [1.54, 1.807) is 84.6 Å². The zero-order chi connectivity index (χ0) is 34.2. The van der Waals surface area contributed by atoms with Crippen molar-refractivity contribution < 1.29 is 23.9 Å². The molecule has 12 heteroatoms. The zero-order valence-electron chi connectivity index (χ0n) is 26.5. The van der Waals surface area contributed by atoms with Crippen molar-refractivity contribution in [2.24, 2.45) is 0 Å². The summed E-state index contributed by atoms with van der Waals surface area (Å²) in [5, 5.41) is 18.3. The highest BCUT2D eigenvalue weighted by Crippen LogP contribution is 2.37. The number of thiophene rings is 1. The lowest BCUT2D eigenvalue weighted by molar-refractivity contribution is -0.129. The van der Waals surface area contributed by atoms with Crippen LogP contribution in [0.5, 0.6) is 5.75 Å². The molecule has 3 aromatic carbocycles. The molecule has 244 valence electrons. The van der Waals surface area contributed by atoms with Crippen molar-refractivity contribution in [1.82, 2.24) is 10.2 Å². The van der Waals surface area contributed by atoms with E-state index in [9.17, 15) is 24.4 Å². The summed E-state index contributed by atoms with van der Waals surface area (Å²) in [6.07, 6.45) is 2.12. The van der Waals surface area contributed by atoms with E-state index in [4.69, 9.17) is 4.74 Å². The van der Waals surface area contributed by atoms with Crippen LogP contribution in [0.1, 0.15) is 45.8 Å². The van der Waals surface area contributed by atoms with Gasteiger partial charge in [0.2, 0.25) is 11.8 Å². The van der Waals surface area contributed by atoms with E-state index in [0.29, 0.717) is 52.6 Å². The van der Waals surface area contributed by atoms with Gasteiger partial charge in [0.1, 0.15) is 22.5 Å². The third-order valence-electron chi connectivity index (χ3n) is 7.59. The summed E-state index contributed by atoms with van der Waals surface area (Å²) in [6, 6.07) is 25.0. The van der Waals surface area contributed by atoms with Crippen LogP contribution in [0.25, 0.3) is 6.08 Å². The molecular formula is C36H33N5O5S2. The zero-order valence-corrected chi connectivity index (χ0v) is 28.2. The van der Waals surface area contributed by atoms with Gasteiger partial charge in [0.15, 0.2) is 0 Å². The third-order valence-corrected chi connectivity index (χ3v) is 9.82. The van der Waals surface area contributed by atoms with Gasteiger partial charge in [0.05, 0.1) is 24.5 Å². The summed E-state index contributed by atoms with van der Waals surface area (Å²) in [7, 11) is 1.53. The first-order chi connectivity index (χ1) is 23.2. The number of para-hydroxylation sites is 1. The average molecular weight is 680 g/mol. The first-order valence-electron chi connectivity index (χ1n) is 15.1. The minimum Gasteiger partial charge on any atom is -0.496 e. The number of benzene rings is 3. The van der Waals surface area contributed by atoms with Gasteiger partial charge in [-0.2, -0.15) is 5.26 Å². The number of anilines is 2. The predicted octanol–water partition coefficient (Wildman–Crippen LogP) is 6.06. The first kappa shape index (κ1) is 34.0. The van der Waals surface area contributed by atoms with Gasteiger partial charge < -0.3 is 25.6 Å². The maximum Gasteiger partial charge on any atom is 0.272 e. The van der Waals surface area contributed by atoms with Crippen molar-refractivity contribution in [2.75, 3.05) is 24.3 Å². The van der Waals surface area contributed by atoms with Gasteiger partial charge in [-0.15, -0.1) is 23.1 Å². The van der Waals surface area contributed by atoms with Crippen molar-refractivity contribution in [2.45, 2.75) is 37.0 Å². The van der Waals surface area contributed by atoms with Gasteiger partial charge in [0.25, 0.3) is 11.8 Å². The number of nitrogens with zero attached hydrogens (tertiary/aromatic N) is 2. The monoisotopic (exact) mass is 679 g/mol. The molecule has 0 spiro atoms. The maximum atomic E-state index is 13.6. The van der Waals surface area contributed by atoms with Gasteiger partial charge >= 0.3 is 0 Å². The van der Waals surface area contributed by atoms with E-state index in [0.717, 1.165) is 15.3 Å². The van der Waals surface area contributed by atoms with Crippen LogP contribution < -0.4 is 20.7 Å². The minimum atomic E-state index is -0.549. The van der Waals surface area contributed by atoms with Crippen molar-refractivity contribution in [3.05, 3.63) is 112 Å². The van der Waals surface area contributed by atoms with Gasteiger partial charge in [0, 0.05) is 40.1 Å². The number of methoxy groups -OCH3 is 1. The number of thioether (sulfide) groups is 1. The number of nitrogens with one attached hydrogen (secondary N) is 3. The van der Waals surface area contributed by atoms with Crippen molar-refractivity contribution in [3.8, 4) is 11.8 Å². The van der Waals surface area contributed by atoms with Crippen molar-refractivity contribution in [3.63, 3.8) is 0 Å². The fourth-order valence-corrected chi connectivity index (χ4v) is 7.22. The van der Waals surface area contributed by atoms with Crippen molar-refractivity contribution in [1.29, 1.82) is 5.26 Å². The molecular weight excluding hydrogens is 647 g/mol. The summed E-state index contributed by atoms with van der Waals surface area (Å²) in [4.78, 5) is 55.1. The Labute approximate surface area is 286 Å². The maximum absolute atomic E-state index is 13.6. The molecule has 1 atom stereocenters. The van der Waals surface area contributed by atoms with Gasteiger partial charge in [-0.3, -0.25) is 19.2 Å². The first-order valence-corrected chi connectivity index (χ1v) is 16.8. The molecule has 3 N–H and O–H groups in total. The summed E-state index contributed by atoms with van der Waals surface area (Å²) in [5.74, 6) is -0.767. The third kappa shape index (κ3) is 8.12. The van der Waals surface area contributed by atoms with Gasteiger partial charge in [-0.25, -0.2) is 0 Å². The Bertz CT molecular complexity index is 1930. The Morgan fingerprint density at radius 3 is 2.50 bits per heavy atom. The lowest BCUT2D eigenvalue weighted by atomic mass is 10.0. The van der Waals surface area contributed by atoms with Crippen LogP contribution in [0.4, 0.5) is 10.7 Å². The fourth-order valence-electron chi connectivity index (χ4n) is 5.08. The molecule has 0 radical (unpaired) electrons. The van der Waals surface area contributed by atoms with E-state index in [2.05, 4.69) is 22.0 Å². The second kappa shape index (κ2) is 15.5. The Hall–Kier alpha value is -5.38. The lowest BCUT2D eigenvalue weighted by Gasteiger charge is -2.25. The minimum absolute atomic E-state index is 0.0116. The molecule has 0 saturated carbocycles. The van der Waals surface area contributed by atoms with Crippen molar-refractivity contribution >= 4 is 63.5 Å². The largest absolute Gasteiger partial charge is 0.496 e. The lowest BCUT2D eigenvalue weighted by Crippen LogP contribution is -2.33. The molecule has 0 aliphatic carbocycles. The van der Waals surface area contributed by atoms with Gasteiger partial charge in [-0.05, 0) is 61.4 Å². The van der Waals surface area contributed by atoms with Crippen LogP contribution in [0, 0.1) is 11.3 Å². The average Bonchev–Trinajstić information content (AvgIpc) is 3.44. The molecule has 1 aromatic heterocycles. The Balaban J connectivity index is 1.29. The van der Waals surface area contributed by atoms with Crippen LogP contribution in [0.15, 0.2) is 89.5 Å². The molecule has 0 saturated heterocycles. The highest BCUT2D eigenvalue weighted by Gasteiger charge is 2.27. The molecule has 0 fully saturated rings. The number of carbonyl (C=O) groups excluding carboxylic acids is 4. The van der Waals surface area contributed by atoms with Crippen LogP contribution in [-0.4, -0.2) is 47.4 Å². The number of hydrogen-bond donors (Lipinski definition) is 3. The smallest absolute Gasteiger partial charge is 0.272 e. The topological polar surface area (TPSA) is 141 Å². The molecule has 4 amide bonds. The second-order valence-electron chi connectivity index (χ2n) is 10.9. The van der Waals surface area contributed by atoms with Crippen LogP contribution >= 0.6 is 23.1 Å². The standard InChI is InChI=1S/C36H33N5O5S2/c1-22(33(43)40-36-29(20-37)28-16-17-41(23(2)42)21-32(28)48-36)47-27-14-9-13-26(19-27)38-35(45)30(18-25-12-7-8-15-31(25)46-3)39-34(44)24-10-5-4-6-11-24/h4-15,18-19,22H,16-17,21H2,1-3H3,(H,38,45)(H,39,44)(H,40,43)/b30-18+. The number of carbonyl (C=O) groups is 4. The van der Waals surface area contributed by atoms with Crippen LogP contribution in [0.3, 0.4) is 0 Å². The summed E-state index contributed by atoms with van der Waals surface area (Å²) >= 11 is 2.62. The Morgan fingerprint density at radius 2 is 1.77 bits per heavy atom. The summed E-state index contributed by atoms with van der Waals surface area (Å²) in [6.45, 7) is 4.24. The number of fused-ring (bicyclic) bond motifs is 1. The van der Waals surface area contributed by atoms with Crippen LogP contribution in [0.2, 0.25) is 0 Å². The highest BCUT2D eigenvalue weighted by atomic mass is 32.2. The molecule has 5 rings (SSSR count). The highest BCUT2D eigenvalue weighted by molar-refractivity contribution is 8.00. The van der Waals surface area contributed by atoms with E-state index in [-0.39, 0.29) is 17.5 Å². The molecule has 4 aromatic rings. The molecule has 1 aliphatic heterocycles. The number of hydrogen-bond acceptors (Lipinski definition) is 8. The predicted molar refractivity (Wildman–Crippen MR) is 188 cm³/mol. The number of rotatable bonds is 10. The quantitative estimate of drug-likeness (QED) is 0.137. The van der Waals surface area contributed by atoms with E-state index in [1.807, 2.05) is 12.1 Å². The summed E-state index contributed by atoms with van der Waals surface area (Å²) in [5.41, 5.74) is 2.81. The summed E-state index contributed by atoms with van der Waals surface area (Å²) < 4.78 is 5.44. The number of ether oxygens (including phenoxy) is 1. The molecule has 0 bridgehead atoms. The molecule has 10 nitrogen and oxygen atoms in total. The normalized spacial score (nSPS) is 13.0. The molecule has 1 unspecified atom stereocenters.